The van der Waals surface area contributed by atoms with Crippen molar-refractivity contribution in [2.24, 2.45) is 11.8 Å². The van der Waals surface area contributed by atoms with E-state index in [4.69, 9.17) is 0 Å². The largest absolute Gasteiger partial charge is 0.316 e. The first-order valence-corrected chi connectivity index (χ1v) is 6.84. The maximum absolute atomic E-state index is 11.1. The van der Waals surface area contributed by atoms with Crippen molar-refractivity contribution in [1.82, 2.24) is 10.2 Å². The maximum atomic E-state index is 11.1. The number of likely N-dealkylation sites (tertiary alicyclic amines) is 1. The molecule has 3 unspecified atom stereocenters. The van der Waals surface area contributed by atoms with Crippen LogP contribution < -0.4 is 5.32 Å². The fourth-order valence-corrected chi connectivity index (χ4v) is 3.51. The molecule has 2 aliphatic heterocycles. The third kappa shape index (κ3) is 2.24. The van der Waals surface area contributed by atoms with Crippen LogP contribution in [0.15, 0.2) is 24.3 Å². The minimum atomic E-state index is -0.279. The van der Waals surface area contributed by atoms with E-state index in [2.05, 4.69) is 17.1 Å². The highest BCUT2D eigenvalue weighted by molar-refractivity contribution is 5.39. The lowest BCUT2D eigenvalue weighted by Crippen LogP contribution is -2.32. The predicted molar refractivity (Wildman–Crippen MR) is 72.8 cm³/mol. The third-order valence-electron chi connectivity index (χ3n) is 4.62. The van der Waals surface area contributed by atoms with Gasteiger partial charge < -0.3 is 5.32 Å². The number of nitrogens with zero attached hydrogens (tertiary/aromatic N) is 2. The molecule has 1 aromatic rings. The molecule has 1 N–H and O–H groups in total. The summed E-state index contributed by atoms with van der Waals surface area (Å²) in [5.74, 6) is 1.40. The van der Waals surface area contributed by atoms with Gasteiger partial charge in [0.1, 0.15) is 0 Å². The van der Waals surface area contributed by atoms with Gasteiger partial charge in [0.2, 0.25) is 0 Å². The molecule has 2 heterocycles. The number of nitrogens with one attached hydrogen (secondary N) is 1. The molecular formula is C14H19N3O2. The molecule has 3 atom stereocenters. The molecular weight excluding hydrogens is 242 g/mol. The van der Waals surface area contributed by atoms with Crippen molar-refractivity contribution in [3.05, 3.63) is 39.9 Å². The van der Waals surface area contributed by atoms with Crippen molar-refractivity contribution < 1.29 is 4.92 Å². The zero-order valence-corrected chi connectivity index (χ0v) is 11.1. The van der Waals surface area contributed by atoms with Gasteiger partial charge >= 0.3 is 0 Å². The highest BCUT2D eigenvalue weighted by atomic mass is 16.6. The minimum absolute atomic E-state index is 0.241. The van der Waals surface area contributed by atoms with E-state index in [0.717, 1.165) is 25.2 Å². The molecule has 19 heavy (non-hydrogen) atoms. The van der Waals surface area contributed by atoms with Crippen molar-refractivity contribution in [1.29, 1.82) is 0 Å². The van der Waals surface area contributed by atoms with E-state index in [1.54, 1.807) is 12.1 Å². The van der Waals surface area contributed by atoms with Gasteiger partial charge in [-0.05, 0) is 31.8 Å². The van der Waals surface area contributed by atoms with E-state index in [1.807, 2.05) is 12.1 Å². The average Bonchev–Trinajstić information content (AvgIpc) is 2.95. The van der Waals surface area contributed by atoms with Crippen molar-refractivity contribution in [2.75, 3.05) is 19.6 Å². The molecule has 0 aliphatic carbocycles. The highest BCUT2D eigenvalue weighted by Gasteiger charge is 2.41. The SMILES string of the molecule is CC1C2CNCC2CN1Cc1ccccc1[N+](=O)[O-]. The van der Waals surface area contributed by atoms with Crippen LogP contribution in [-0.2, 0) is 6.54 Å². The first-order valence-electron chi connectivity index (χ1n) is 6.84. The minimum Gasteiger partial charge on any atom is -0.316 e. The molecule has 5 nitrogen and oxygen atoms in total. The Morgan fingerprint density at radius 1 is 1.42 bits per heavy atom. The molecule has 0 spiro atoms. The normalized spacial score (nSPS) is 30.5. The summed E-state index contributed by atoms with van der Waals surface area (Å²) in [6.07, 6.45) is 0. The van der Waals surface area contributed by atoms with Crippen LogP contribution in [-0.4, -0.2) is 35.5 Å². The van der Waals surface area contributed by atoms with Gasteiger partial charge in [0, 0.05) is 30.8 Å². The Labute approximate surface area is 112 Å². The summed E-state index contributed by atoms with van der Waals surface area (Å²) in [7, 11) is 0. The number of rotatable bonds is 3. The second kappa shape index (κ2) is 4.90. The lowest BCUT2D eigenvalue weighted by molar-refractivity contribution is -0.385. The van der Waals surface area contributed by atoms with E-state index in [9.17, 15) is 10.1 Å². The Kier molecular flexibility index (Phi) is 3.24. The fourth-order valence-electron chi connectivity index (χ4n) is 3.51. The number of benzene rings is 1. The van der Waals surface area contributed by atoms with Gasteiger partial charge in [-0.1, -0.05) is 18.2 Å². The number of hydrogen-bond donors (Lipinski definition) is 1. The average molecular weight is 261 g/mol. The Morgan fingerprint density at radius 2 is 2.21 bits per heavy atom. The number of nitro groups is 1. The summed E-state index contributed by atoms with van der Waals surface area (Å²) in [5.41, 5.74) is 1.07. The Hall–Kier alpha value is -1.46. The second-order valence-electron chi connectivity index (χ2n) is 5.64. The highest BCUT2D eigenvalue weighted by Crippen LogP contribution is 2.34. The van der Waals surface area contributed by atoms with E-state index in [1.165, 1.54) is 0 Å². The van der Waals surface area contributed by atoms with Crippen LogP contribution in [0.25, 0.3) is 0 Å². The molecule has 0 aromatic heterocycles. The predicted octanol–water partition coefficient (Wildman–Crippen LogP) is 1.63. The quantitative estimate of drug-likeness (QED) is 0.663. The van der Waals surface area contributed by atoms with E-state index < -0.39 is 0 Å². The zero-order valence-electron chi connectivity index (χ0n) is 11.1. The summed E-state index contributed by atoms with van der Waals surface area (Å²) < 4.78 is 0. The Bertz CT molecular complexity index is 491. The van der Waals surface area contributed by atoms with E-state index in [0.29, 0.717) is 24.4 Å². The van der Waals surface area contributed by atoms with Crippen LogP contribution in [0.3, 0.4) is 0 Å². The van der Waals surface area contributed by atoms with Crippen LogP contribution in [0.4, 0.5) is 5.69 Å². The van der Waals surface area contributed by atoms with Crippen molar-refractivity contribution in [3.8, 4) is 0 Å². The first-order chi connectivity index (χ1) is 9.16. The van der Waals surface area contributed by atoms with E-state index >= 15 is 0 Å². The van der Waals surface area contributed by atoms with Gasteiger partial charge in [0.15, 0.2) is 0 Å². The van der Waals surface area contributed by atoms with Crippen LogP contribution in [0, 0.1) is 22.0 Å². The first kappa shape index (κ1) is 12.6. The molecule has 2 aliphatic rings. The van der Waals surface area contributed by atoms with Gasteiger partial charge in [-0.15, -0.1) is 0 Å². The van der Waals surface area contributed by atoms with Gasteiger partial charge in [-0.25, -0.2) is 0 Å². The molecule has 2 fully saturated rings. The molecule has 102 valence electrons. The summed E-state index contributed by atoms with van der Waals surface area (Å²) >= 11 is 0. The molecule has 2 saturated heterocycles. The topological polar surface area (TPSA) is 58.4 Å². The van der Waals surface area contributed by atoms with Gasteiger partial charge in [-0.2, -0.15) is 0 Å². The molecule has 0 radical (unpaired) electrons. The third-order valence-corrected chi connectivity index (χ3v) is 4.62. The van der Waals surface area contributed by atoms with Crippen molar-refractivity contribution >= 4 is 5.69 Å². The molecule has 0 bridgehead atoms. The van der Waals surface area contributed by atoms with Gasteiger partial charge in [0.25, 0.3) is 5.69 Å². The van der Waals surface area contributed by atoms with Gasteiger partial charge in [0.05, 0.1) is 4.92 Å². The Balaban J connectivity index is 1.77. The fraction of sp³-hybridized carbons (Fsp3) is 0.571. The van der Waals surface area contributed by atoms with Crippen molar-refractivity contribution in [3.63, 3.8) is 0 Å². The molecule has 5 heteroatoms. The monoisotopic (exact) mass is 261 g/mol. The second-order valence-corrected chi connectivity index (χ2v) is 5.64. The maximum Gasteiger partial charge on any atom is 0.273 e. The van der Waals surface area contributed by atoms with Crippen LogP contribution in [0.5, 0.6) is 0 Å². The smallest absolute Gasteiger partial charge is 0.273 e. The number of hydrogen-bond acceptors (Lipinski definition) is 4. The molecule has 0 amide bonds. The number of nitro benzene ring substituents is 1. The van der Waals surface area contributed by atoms with Crippen LogP contribution >= 0.6 is 0 Å². The van der Waals surface area contributed by atoms with Gasteiger partial charge in [-0.3, -0.25) is 15.0 Å². The number of fused-ring (bicyclic) bond motifs is 1. The lowest BCUT2D eigenvalue weighted by atomic mass is 9.95. The molecule has 1 aromatic carbocycles. The lowest BCUT2D eigenvalue weighted by Gasteiger charge is -2.24. The van der Waals surface area contributed by atoms with E-state index in [-0.39, 0.29) is 10.6 Å². The summed E-state index contributed by atoms with van der Waals surface area (Å²) in [6.45, 7) is 6.14. The number of para-hydroxylation sites is 1. The summed E-state index contributed by atoms with van der Waals surface area (Å²) in [5, 5.41) is 14.5. The standard InChI is InChI=1S/C14H19N3O2/c1-10-13-7-15-6-12(13)9-16(10)8-11-4-2-3-5-14(11)17(18)19/h2-5,10,12-13,15H,6-9H2,1H3. The zero-order chi connectivity index (χ0) is 13.4. The van der Waals surface area contributed by atoms with Crippen LogP contribution in [0.2, 0.25) is 0 Å². The summed E-state index contributed by atoms with van der Waals surface area (Å²) in [4.78, 5) is 13.2. The molecule has 3 rings (SSSR count). The summed E-state index contributed by atoms with van der Waals surface area (Å²) in [6, 6.07) is 7.58. The van der Waals surface area contributed by atoms with Crippen molar-refractivity contribution in [2.45, 2.75) is 19.5 Å². The molecule has 0 saturated carbocycles. The Morgan fingerprint density at radius 3 is 2.95 bits per heavy atom. The van der Waals surface area contributed by atoms with Crippen LogP contribution in [0.1, 0.15) is 12.5 Å².